The summed E-state index contributed by atoms with van der Waals surface area (Å²) in [5.41, 5.74) is 6.92. The molecule has 0 saturated heterocycles. The van der Waals surface area contributed by atoms with Gasteiger partial charge in [-0.1, -0.05) is 28.1 Å². The average molecular weight is 273 g/mol. The topological polar surface area (TPSA) is 49.5 Å². The molecule has 0 radical (unpaired) electrons. The monoisotopic (exact) mass is 272 g/mol. The second-order valence-corrected chi connectivity index (χ2v) is 4.42. The highest BCUT2D eigenvalue weighted by molar-refractivity contribution is 9.10. The zero-order valence-corrected chi connectivity index (χ0v) is 10.4. The number of hydrogen-bond donors (Lipinski definition) is 2. The Morgan fingerprint density at radius 1 is 1.40 bits per heavy atom. The average Bonchev–Trinajstić information content (AvgIpc) is 2.22. The first-order chi connectivity index (χ1) is 7.19. The first-order valence-electron chi connectivity index (χ1n) is 4.95. The van der Waals surface area contributed by atoms with E-state index in [4.69, 9.17) is 10.8 Å². The highest BCUT2D eigenvalue weighted by Crippen LogP contribution is 2.20. The molecule has 1 atom stereocenters. The lowest BCUT2D eigenvalue weighted by Crippen LogP contribution is -2.32. The molecule has 1 unspecified atom stereocenters. The lowest BCUT2D eigenvalue weighted by molar-refractivity contribution is 0.183. The Balaban J connectivity index is 2.77. The van der Waals surface area contributed by atoms with Crippen LogP contribution in [0.4, 0.5) is 0 Å². The minimum atomic E-state index is 0.156. The van der Waals surface area contributed by atoms with Crippen molar-refractivity contribution in [1.82, 2.24) is 4.90 Å². The fraction of sp³-hybridized carbons (Fsp3) is 0.455. The van der Waals surface area contributed by atoms with Crippen molar-refractivity contribution in [1.29, 1.82) is 0 Å². The first kappa shape index (κ1) is 12.6. The van der Waals surface area contributed by atoms with Gasteiger partial charge in [-0.05, 0) is 24.7 Å². The van der Waals surface area contributed by atoms with Crippen LogP contribution in [0.2, 0.25) is 0 Å². The van der Waals surface area contributed by atoms with E-state index in [-0.39, 0.29) is 12.6 Å². The number of benzene rings is 1. The van der Waals surface area contributed by atoms with Gasteiger partial charge in [-0.2, -0.15) is 0 Å². The summed E-state index contributed by atoms with van der Waals surface area (Å²) < 4.78 is 1.06. The van der Waals surface area contributed by atoms with Crippen molar-refractivity contribution in [2.45, 2.75) is 6.04 Å². The summed E-state index contributed by atoms with van der Waals surface area (Å²) in [7, 11) is 1.97. The van der Waals surface area contributed by atoms with E-state index in [1.54, 1.807) is 0 Å². The van der Waals surface area contributed by atoms with Gasteiger partial charge >= 0.3 is 0 Å². The van der Waals surface area contributed by atoms with Gasteiger partial charge in [0, 0.05) is 23.6 Å². The lowest BCUT2D eigenvalue weighted by atomic mass is 10.1. The van der Waals surface area contributed by atoms with Crippen molar-refractivity contribution in [3.8, 4) is 0 Å². The summed E-state index contributed by atoms with van der Waals surface area (Å²) >= 11 is 3.40. The van der Waals surface area contributed by atoms with Gasteiger partial charge < -0.3 is 10.8 Å². The molecule has 3 nitrogen and oxygen atoms in total. The largest absolute Gasteiger partial charge is 0.395 e. The molecule has 0 spiro atoms. The molecule has 0 fully saturated rings. The Morgan fingerprint density at radius 2 is 2.00 bits per heavy atom. The molecule has 3 N–H and O–H groups in total. The van der Waals surface area contributed by atoms with Gasteiger partial charge in [0.05, 0.1) is 6.61 Å². The normalized spacial score (nSPS) is 13.1. The van der Waals surface area contributed by atoms with Gasteiger partial charge in [0.1, 0.15) is 0 Å². The highest BCUT2D eigenvalue weighted by Gasteiger charge is 2.14. The SMILES string of the molecule is CN(CCO)C(CN)c1ccc(Br)cc1. The molecule has 1 aromatic carbocycles. The number of nitrogens with two attached hydrogens (primary N) is 1. The summed E-state index contributed by atoms with van der Waals surface area (Å²) in [6.07, 6.45) is 0. The van der Waals surface area contributed by atoms with E-state index in [1.165, 1.54) is 5.56 Å². The molecular weight excluding hydrogens is 256 g/mol. The molecule has 15 heavy (non-hydrogen) atoms. The van der Waals surface area contributed by atoms with Crippen LogP contribution in [0.1, 0.15) is 11.6 Å². The van der Waals surface area contributed by atoms with Gasteiger partial charge in [0.25, 0.3) is 0 Å². The molecule has 1 aromatic rings. The van der Waals surface area contributed by atoms with Crippen molar-refractivity contribution in [3.05, 3.63) is 34.3 Å². The third-order valence-corrected chi connectivity index (χ3v) is 2.99. The first-order valence-corrected chi connectivity index (χ1v) is 5.75. The van der Waals surface area contributed by atoms with Crippen LogP contribution in [0.25, 0.3) is 0 Å². The molecule has 84 valence electrons. The van der Waals surface area contributed by atoms with Crippen LogP contribution >= 0.6 is 15.9 Å². The maximum absolute atomic E-state index is 8.88. The number of nitrogens with zero attached hydrogens (tertiary/aromatic N) is 1. The van der Waals surface area contributed by atoms with Crippen LogP contribution in [0, 0.1) is 0 Å². The fourth-order valence-corrected chi connectivity index (χ4v) is 1.83. The molecule has 0 amide bonds. The minimum absolute atomic E-state index is 0.156. The summed E-state index contributed by atoms with van der Waals surface area (Å²) in [6, 6.07) is 8.28. The lowest BCUT2D eigenvalue weighted by Gasteiger charge is -2.26. The molecule has 4 heteroatoms. The highest BCUT2D eigenvalue weighted by atomic mass is 79.9. The summed E-state index contributed by atoms with van der Waals surface area (Å²) in [4.78, 5) is 2.06. The van der Waals surface area contributed by atoms with Gasteiger partial charge in [0.15, 0.2) is 0 Å². The number of hydrogen-bond acceptors (Lipinski definition) is 3. The van der Waals surface area contributed by atoms with Gasteiger partial charge in [-0.3, -0.25) is 4.90 Å². The number of aliphatic hydroxyl groups excluding tert-OH is 1. The van der Waals surface area contributed by atoms with E-state index in [1.807, 2.05) is 19.2 Å². The van der Waals surface area contributed by atoms with Crippen molar-refractivity contribution in [2.24, 2.45) is 5.73 Å². The minimum Gasteiger partial charge on any atom is -0.395 e. The fourth-order valence-electron chi connectivity index (χ4n) is 1.57. The van der Waals surface area contributed by atoms with E-state index in [9.17, 15) is 0 Å². The van der Waals surface area contributed by atoms with Gasteiger partial charge in [-0.15, -0.1) is 0 Å². The Bertz CT molecular complexity index is 289. The van der Waals surface area contributed by atoms with Crippen molar-refractivity contribution in [2.75, 3.05) is 26.7 Å². The van der Waals surface area contributed by atoms with Crippen LogP contribution in [0.3, 0.4) is 0 Å². The summed E-state index contributed by atoms with van der Waals surface area (Å²) in [5.74, 6) is 0. The summed E-state index contributed by atoms with van der Waals surface area (Å²) in [6.45, 7) is 1.35. The van der Waals surface area contributed by atoms with Gasteiger partial charge in [-0.25, -0.2) is 0 Å². The maximum atomic E-state index is 8.88. The van der Waals surface area contributed by atoms with Crippen LogP contribution < -0.4 is 5.73 Å². The molecule has 1 rings (SSSR count). The molecule has 0 aliphatic carbocycles. The van der Waals surface area contributed by atoms with Crippen molar-refractivity contribution >= 4 is 15.9 Å². The van der Waals surface area contributed by atoms with Crippen LogP contribution in [0.5, 0.6) is 0 Å². The molecule has 0 aliphatic heterocycles. The Kier molecular flexibility index (Phi) is 5.25. The Hall–Kier alpha value is -0.420. The van der Waals surface area contributed by atoms with E-state index < -0.39 is 0 Å². The second-order valence-electron chi connectivity index (χ2n) is 3.51. The number of halogens is 1. The molecule has 0 bridgehead atoms. The van der Waals surface area contributed by atoms with E-state index in [0.717, 1.165) is 4.47 Å². The van der Waals surface area contributed by atoms with E-state index in [2.05, 4.69) is 33.0 Å². The number of rotatable bonds is 5. The van der Waals surface area contributed by atoms with Crippen molar-refractivity contribution in [3.63, 3.8) is 0 Å². The second kappa shape index (κ2) is 6.23. The Morgan fingerprint density at radius 3 is 2.47 bits per heavy atom. The predicted molar refractivity (Wildman–Crippen MR) is 65.7 cm³/mol. The quantitative estimate of drug-likeness (QED) is 0.852. The molecule has 0 heterocycles. The van der Waals surface area contributed by atoms with E-state index >= 15 is 0 Å². The van der Waals surface area contributed by atoms with Gasteiger partial charge in [0.2, 0.25) is 0 Å². The standard InChI is InChI=1S/C11H17BrN2O/c1-14(6-7-15)11(8-13)9-2-4-10(12)5-3-9/h2-5,11,15H,6-8,13H2,1H3. The molecular formula is C11H17BrN2O. The van der Waals surface area contributed by atoms with Crippen LogP contribution in [-0.2, 0) is 0 Å². The van der Waals surface area contributed by atoms with Crippen LogP contribution in [-0.4, -0.2) is 36.8 Å². The third-order valence-electron chi connectivity index (χ3n) is 2.46. The van der Waals surface area contributed by atoms with Crippen LogP contribution in [0.15, 0.2) is 28.7 Å². The molecule has 0 aliphatic rings. The molecule has 0 aromatic heterocycles. The van der Waals surface area contributed by atoms with E-state index in [0.29, 0.717) is 13.1 Å². The predicted octanol–water partition coefficient (Wildman–Crippen LogP) is 1.37. The zero-order valence-electron chi connectivity index (χ0n) is 8.86. The maximum Gasteiger partial charge on any atom is 0.0558 e. The zero-order chi connectivity index (χ0) is 11.3. The Labute approximate surface area is 99.0 Å². The summed E-state index contributed by atoms with van der Waals surface area (Å²) in [5, 5.41) is 8.88. The smallest absolute Gasteiger partial charge is 0.0558 e. The third kappa shape index (κ3) is 3.57. The van der Waals surface area contributed by atoms with Crippen molar-refractivity contribution < 1.29 is 5.11 Å². The number of likely N-dealkylation sites (N-methyl/N-ethyl adjacent to an activating group) is 1. The molecule has 0 saturated carbocycles. The number of aliphatic hydroxyl groups is 1.